The third kappa shape index (κ3) is 5.30. The number of nitrogens with zero attached hydrogens (tertiary/aromatic N) is 3. The molecule has 3 aromatic rings. The van der Waals surface area contributed by atoms with Crippen LogP contribution in [-0.4, -0.2) is 39.6 Å². The highest BCUT2D eigenvalue weighted by molar-refractivity contribution is 5.79. The smallest absolute Gasteiger partial charge is 0.224 e. The molecule has 0 saturated carbocycles. The normalized spacial score (nSPS) is 13.0. The van der Waals surface area contributed by atoms with Gasteiger partial charge in [0.25, 0.3) is 0 Å². The Morgan fingerprint density at radius 2 is 1.79 bits per heavy atom. The summed E-state index contributed by atoms with van der Waals surface area (Å²) in [4.78, 5) is 27.0. The zero-order chi connectivity index (χ0) is 23.4. The van der Waals surface area contributed by atoms with Crippen LogP contribution in [0.3, 0.4) is 0 Å². The first kappa shape index (κ1) is 22.7. The van der Waals surface area contributed by atoms with Crippen LogP contribution in [0.25, 0.3) is 5.69 Å². The van der Waals surface area contributed by atoms with E-state index in [0.29, 0.717) is 25.9 Å². The fraction of sp³-hybridized carbons (Fsp3) is 0.346. The molecule has 172 valence electrons. The maximum Gasteiger partial charge on any atom is 0.224 e. The number of aromatic nitrogens is 2. The molecule has 0 bridgehead atoms. The van der Waals surface area contributed by atoms with Gasteiger partial charge < -0.3 is 10.2 Å². The van der Waals surface area contributed by atoms with E-state index in [1.54, 1.807) is 16.8 Å². The molecule has 33 heavy (non-hydrogen) atoms. The molecular formula is C26H29FN4O2. The van der Waals surface area contributed by atoms with E-state index in [1.165, 1.54) is 23.3 Å². The number of carbonyl (C=O) groups excluding carboxylic acids is 2. The van der Waals surface area contributed by atoms with Crippen molar-refractivity contribution < 1.29 is 14.0 Å². The number of halogens is 1. The van der Waals surface area contributed by atoms with Gasteiger partial charge in [0.05, 0.1) is 17.8 Å². The van der Waals surface area contributed by atoms with Crippen molar-refractivity contribution >= 4 is 11.8 Å². The van der Waals surface area contributed by atoms with Gasteiger partial charge in [-0.05, 0) is 62.1 Å². The van der Waals surface area contributed by atoms with E-state index in [4.69, 9.17) is 0 Å². The Hall–Kier alpha value is -3.48. The molecule has 0 unspecified atom stereocenters. The van der Waals surface area contributed by atoms with Gasteiger partial charge in [-0.2, -0.15) is 5.10 Å². The number of rotatable bonds is 7. The molecule has 1 aliphatic heterocycles. The van der Waals surface area contributed by atoms with Gasteiger partial charge >= 0.3 is 0 Å². The number of aryl methyl sites for hydroxylation is 1. The molecule has 2 aromatic carbocycles. The maximum atomic E-state index is 13.2. The van der Waals surface area contributed by atoms with E-state index >= 15 is 0 Å². The average Bonchev–Trinajstić information content (AvgIpc) is 3.10. The number of fused-ring (bicyclic) bond motifs is 1. The molecule has 0 atom stereocenters. The summed E-state index contributed by atoms with van der Waals surface area (Å²) >= 11 is 0. The summed E-state index contributed by atoms with van der Waals surface area (Å²) in [5.41, 5.74) is 5.78. The topological polar surface area (TPSA) is 67.2 Å². The lowest BCUT2D eigenvalue weighted by Gasteiger charge is -2.29. The number of hydrogen-bond acceptors (Lipinski definition) is 3. The van der Waals surface area contributed by atoms with Crippen molar-refractivity contribution in [2.45, 2.75) is 46.1 Å². The van der Waals surface area contributed by atoms with E-state index < -0.39 is 0 Å². The molecule has 2 heterocycles. The van der Waals surface area contributed by atoms with Crippen LogP contribution < -0.4 is 5.32 Å². The first-order valence-electron chi connectivity index (χ1n) is 11.3. The minimum Gasteiger partial charge on any atom is -0.356 e. The summed E-state index contributed by atoms with van der Waals surface area (Å²) in [5, 5.41) is 7.43. The van der Waals surface area contributed by atoms with Gasteiger partial charge in [0.1, 0.15) is 5.82 Å². The molecule has 2 amide bonds. The Balaban J connectivity index is 1.25. The molecule has 4 rings (SSSR count). The van der Waals surface area contributed by atoms with Crippen LogP contribution >= 0.6 is 0 Å². The van der Waals surface area contributed by atoms with Crippen LogP contribution in [0.15, 0.2) is 48.5 Å². The monoisotopic (exact) mass is 448 g/mol. The minimum atomic E-state index is -0.302. The number of nitrogens with one attached hydrogen (secondary N) is 1. The Morgan fingerprint density at radius 3 is 2.55 bits per heavy atom. The Bertz CT molecular complexity index is 1150. The van der Waals surface area contributed by atoms with Gasteiger partial charge in [-0.15, -0.1) is 0 Å². The van der Waals surface area contributed by atoms with Gasteiger partial charge in [-0.25, -0.2) is 9.07 Å². The van der Waals surface area contributed by atoms with Crippen LogP contribution in [0.4, 0.5) is 4.39 Å². The van der Waals surface area contributed by atoms with E-state index in [1.807, 2.05) is 30.9 Å². The molecule has 1 aromatic heterocycles. The van der Waals surface area contributed by atoms with E-state index in [-0.39, 0.29) is 24.1 Å². The quantitative estimate of drug-likeness (QED) is 0.561. The summed E-state index contributed by atoms with van der Waals surface area (Å²) in [6, 6.07) is 14.4. The average molecular weight is 449 g/mol. The van der Waals surface area contributed by atoms with Crippen molar-refractivity contribution in [3.8, 4) is 5.69 Å². The number of carbonyl (C=O) groups is 2. The third-order valence-electron chi connectivity index (χ3n) is 6.22. The molecular weight excluding hydrogens is 419 g/mol. The molecule has 0 aliphatic carbocycles. The lowest BCUT2D eigenvalue weighted by atomic mass is 9.99. The Kier molecular flexibility index (Phi) is 6.87. The van der Waals surface area contributed by atoms with Crippen molar-refractivity contribution in [3.63, 3.8) is 0 Å². The number of benzene rings is 2. The standard InChI is InChI=1S/C26H29FN4O2/c1-18-24(19(2)31(29-18)23-11-9-22(27)10-12-23)16-25(32)28-14-5-8-26(33)30-15-13-20-6-3-4-7-21(20)17-30/h3-4,6-7,9-12H,5,8,13-17H2,1-2H3,(H,28,32). The van der Waals surface area contributed by atoms with Crippen LogP contribution in [0.1, 0.15) is 40.9 Å². The van der Waals surface area contributed by atoms with Crippen molar-refractivity contribution in [1.82, 2.24) is 20.0 Å². The SMILES string of the molecule is Cc1nn(-c2ccc(F)cc2)c(C)c1CC(=O)NCCCC(=O)N1CCc2ccccc2C1. The van der Waals surface area contributed by atoms with E-state index in [0.717, 1.165) is 35.6 Å². The van der Waals surface area contributed by atoms with Gasteiger partial charge in [-0.1, -0.05) is 24.3 Å². The molecule has 0 fully saturated rings. The molecule has 0 saturated heterocycles. The molecule has 1 aliphatic rings. The van der Waals surface area contributed by atoms with Gasteiger partial charge in [0.15, 0.2) is 0 Å². The molecule has 6 nitrogen and oxygen atoms in total. The summed E-state index contributed by atoms with van der Waals surface area (Å²) in [5.74, 6) is -0.270. The highest BCUT2D eigenvalue weighted by Gasteiger charge is 2.20. The van der Waals surface area contributed by atoms with Crippen molar-refractivity contribution in [2.24, 2.45) is 0 Å². The highest BCUT2D eigenvalue weighted by atomic mass is 19.1. The first-order valence-corrected chi connectivity index (χ1v) is 11.3. The van der Waals surface area contributed by atoms with Gasteiger partial charge in [0, 0.05) is 37.3 Å². The molecule has 7 heteroatoms. The molecule has 0 spiro atoms. The van der Waals surface area contributed by atoms with Crippen molar-refractivity contribution in [2.75, 3.05) is 13.1 Å². The van der Waals surface area contributed by atoms with Crippen molar-refractivity contribution in [1.29, 1.82) is 0 Å². The predicted octanol–water partition coefficient (Wildman–Crippen LogP) is 3.65. The van der Waals surface area contributed by atoms with Crippen LogP contribution in [0, 0.1) is 19.7 Å². The second-order valence-corrected chi connectivity index (χ2v) is 8.50. The zero-order valence-corrected chi connectivity index (χ0v) is 19.1. The zero-order valence-electron chi connectivity index (χ0n) is 19.1. The summed E-state index contributed by atoms with van der Waals surface area (Å²) in [6.07, 6.45) is 2.14. The van der Waals surface area contributed by atoms with E-state index in [2.05, 4.69) is 22.5 Å². The van der Waals surface area contributed by atoms with Gasteiger partial charge in [0.2, 0.25) is 11.8 Å². The van der Waals surface area contributed by atoms with Gasteiger partial charge in [-0.3, -0.25) is 9.59 Å². The molecule has 1 N–H and O–H groups in total. The predicted molar refractivity (Wildman–Crippen MR) is 125 cm³/mol. The lowest BCUT2D eigenvalue weighted by molar-refractivity contribution is -0.132. The fourth-order valence-corrected chi connectivity index (χ4v) is 4.32. The maximum absolute atomic E-state index is 13.2. The summed E-state index contributed by atoms with van der Waals surface area (Å²) < 4.78 is 14.9. The molecule has 0 radical (unpaired) electrons. The second-order valence-electron chi connectivity index (χ2n) is 8.50. The van der Waals surface area contributed by atoms with Crippen molar-refractivity contribution in [3.05, 3.63) is 82.4 Å². The fourth-order valence-electron chi connectivity index (χ4n) is 4.32. The lowest BCUT2D eigenvalue weighted by Crippen LogP contribution is -2.36. The largest absolute Gasteiger partial charge is 0.356 e. The first-order chi connectivity index (χ1) is 15.9. The Morgan fingerprint density at radius 1 is 1.06 bits per heavy atom. The summed E-state index contributed by atoms with van der Waals surface area (Å²) in [7, 11) is 0. The third-order valence-corrected chi connectivity index (χ3v) is 6.22. The van der Waals surface area contributed by atoms with E-state index in [9.17, 15) is 14.0 Å². The number of hydrogen-bond donors (Lipinski definition) is 1. The Labute approximate surface area is 193 Å². The highest BCUT2D eigenvalue weighted by Crippen LogP contribution is 2.20. The minimum absolute atomic E-state index is 0.0980. The summed E-state index contributed by atoms with van der Waals surface area (Å²) in [6.45, 7) is 5.64. The van der Waals surface area contributed by atoms with Crippen LogP contribution in [0.5, 0.6) is 0 Å². The van der Waals surface area contributed by atoms with Crippen LogP contribution in [0.2, 0.25) is 0 Å². The number of amides is 2. The van der Waals surface area contributed by atoms with Crippen LogP contribution in [-0.2, 0) is 29.0 Å². The second kappa shape index (κ2) is 9.98.